The lowest BCUT2D eigenvalue weighted by atomic mass is 10.1. The number of benzene rings is 1. The van der Waals surface area contributed by atoms with Crippen LogP contribution in [0.5, 0.6) is 11.5 Å². The van der Waals surface area contributed by atoms with Gasteiger partial charge in [0.25, 0.3) is 0 Å². The minimum absolute atomic E-state index is 0.0696. The zero-order valence-electron chi connectivity index (χ0n) is 20.4. The van der Waals surface area contributed by atoms with E-state index in [9.17, 15) is 0 Å². The zero-order chi connectivity index (χ0) is 24.6. The number of nitrogen functional groups attached to an aromatic ring is 1. The van der Waals surface area contributed by atoms with Crippen molar-refractivity contribution in [2.24, 2.45) is 0 Å². The minimum Gasteiger partial charge on any atom is -0.486 e. The summed E-state index contributed by atoms with van der Waals surface area (Å²) >= 11 is 3.35. The van der Waals surface area contributed by atoms with Crippen molar-refractivity contribution in [1.82, 2.24) is 24.8 Å². The molecule has 0 saturated carbocycles. The van der Waals surface area contributed by atoms with Gasteiger partial charge in [0.1, 0.15) is 19.5 Å². The molecule has 8 nitrogen and oxygen atoms in total. The number of nitrogens with two attached hydrogens (primary N) is 1. The van der Waals surface area contributed by atoms with Crippen molar-refractivity contribution < 1.29 is 9.47 Å². The average molecular weight is 511 g/mol. The summed E-state index contributed by atoms with van der Waals surface area (Å²) in [6.45, 7) is 11.4. The molecule has 35 heavy (non-hydrogen) atoms. The van der Waals surface area contributed by atoms with Crippen LogP contribution in [0.15, 0.2) is 40.6 Å². The standard InChI is InChI=1S/C25H30N6O2S2/c1-15-6-7-19(34-15)16-12-17-18(33-11-10-32-17)13-20(16)35-24-30-21-22(26)27-14-28-23(21)31(24)9-5-8-29-25(2,3)4/h6-7,12-14,29H,5,8-11H2,1-4H3,(H2,26,27,28). The molecule has 0 fully saturated rings. The SMILES string of the molecule is Cc1ccc(-c2cc3c(cc2Sc2nc4c(N)ncnc4n2CCCNC(C)(C)C)OCCO3)s1. The highest BCUT2D eigenvalue weighted by Crippen LogP contribution is 2.45. The van der Waals surface area contributed by atoms with E-state index in [0.717, 1.165) is 52.3 Å². The third-order valence-corrected chi connectivity index (χ3v) is 7.68. The lowest BCUT2D eigenvalue weighted by molar-refractivity contribution is 0.171. The molecule has 3 N–H and O–H groups in total. The fraction of sp³-hybridized carbons (Fsp3) is 0.400. The topological polar surface area (TPSA) is 100 Å². The molecule has 1 aliphatic heterocycles. The smallest absolute Gasteiger partial charge is 0.175 e. The normalized spacial score (nSPS) is 13.5. The van der Waals surface area contributed by atoms with Gasteiger partial charge in [-0.15, -0.1) is 11.3 Å². The van der Waals surface area contributed by atoms with Crippen LogP contribution in [0, 0.1) is 6.92 Å². The molecule has 0 bridgehead atoms. The molecule has 3 aromatic heterocycles. The predicted molar refractivity (Wildman–Crippen MR) is 142 cm³/mol. The van der Waals surface area contributed by atoms with Gasteiger partial charge in [0.05, 0.1) is 0 Å². The van der Waals surface area contributed by atoms with Crippen molar-refractivity contribution in [2.75, 3.05) is 25.5 Å². The van der Waals surface area contributed by atoms with Gasteiger partial charge in [-0.05, 0) is 64.9 Å². The van der Waals surface area contributed by atoms with Gasteiger partial charge in [-0.2, -0.15) is 0 Å². The Balaban J connectivity index is 1.54. The average Bonchev–Trinajstić information content (AvgIpc) is 3.40. The number of nitrogens with one attached hydrogen (secondary N) is 1. The number of hydrogen-bond donors (Lipinski definition) is 2. The number of anilines is 1. The van der Waals surface area contributed by atoms with Crippen LogP contribution in [0.25, 0.3) is 21.6 Å². The van der Waals surface area contributed by atoms with Crippen LogP contribution in [0.3, 0.4) is 0 Å². The summed E-state index contributed by atoms with van der Waals surface area (Å²) < 4.78 is 13.9. The summed E-state index contributed by atoms with van der Waals surface area (Å²) in [4.78, 5) is 17.0. The van der Waals surface area contributed by atoms with Crippen LogP contribution in [-0.4, -0.2) is 44.8 Å². The second-order valence-electron chi connectivity index (χ2n) is 9.51. The van der Waals surface area contributed by atoms with Crippen LogP contribution in [0.1, 0.15) is 32.1 Å². The number of ether oxygens (including phenoxy) is 2. The quantitative estimate of drug-likeness (QED) is 0.330. The monoisotopic (exact) mass is 510 g/mol. The molecule has 4 aromatic rings. The Morgan fingerprint density at radius 3 is 2.63 bits per heavy atom. The van der Waals surface area contributed by atoms with Crippen LogP contribution in [0.4, 0.5) is 5.82 Å². The Hall–Kier alpha value is -2.82. The first-order valence-corrected chi connectivity index (χ1v) is 13.3. The number of aromatic nitrogens is 4. The largest absolute Gasteiger partial charge is 0.486 e. The molecule has 4 heterocycles. The van der Waals surface area contributed by atoms with Crippen LogP contribution in [-0.2, 0) is 6.54 Å². The fourth-order valence-corrected chi connectivity index (χ4v) is 5.97. The van der Waals surface area contributed by atoms with E-state index < -0.39 is 0 Å². The van der Waals surface area contributed by atoms with Gasteiger partial charge in [-0.25, -0.2) is 15.0 Å². The first-order chi connectivity index (χ1) is 16.8. The molecule has 10 heteroatoms. The molecule has 184 valence electrons. The Labute approximate surface area is 213 Å². The highest BCUT2D eigenvalue weighted by molar-refractivity contribution is 7.99. The molecule has 1 aromatic carbocycles. The molecule has 0 amide bonds. The molecule has 0 spiro atoms. The number of rotatable bonds is 7. The van der Waals surface area contributed by atoms with E-state index in [1.165, 1.54) is 16.1 Å². The van der Waals surface area contributed by atoms with E-state index in [1.807, 2.05) is 0 Å². The number of nitrogens with zero attached hydrogens (tertiary/aromatic N) is 4. The van der Waals surface area contributed by atoms with Crippen molar-refractivity contribution in [3.05, 3.63) is 35.5 Å². The van der Waals surface area contributed by atoms with E-state index in [4.69, 9.17) is 20.2 Å². The van der Waals surface area contributed by atoms with Gasteiger partial charge in [0.2, 0.25) is 0 Å². The highest BCUT2D eigenvalue weighted by Gasteiger charge is 2.22. The Morgan fingerprint density at radius 2 is 1.91 bits per heavy atom. The van der Waals surface area contributed by atoms with Gasteiger partial charge in [-0.1, -0.05) is 11.8 Å². The summed E-state index contributed by atoms with van der Waals surface area (Å²) in [5.41, 5.74) is 8.73. The van der Waals surface area contributed by atoms with E-state index in [-0.39, 0.29) is 5.54 Å². The number of imidazole rings is 1. The summed E-state index contributed by atoms with van der Waals surface area (Å²) in [6, 6.07) is 8.43. The van der Waals surface area contributed by atoms with Crippen molar-refractivity contribution >= 4 is 40.1 Å². The van der Waals surface area contributed by atoms with Gasteiger partial charge in [0.15, 0.2) is 33.6 Å². The summed E-state index contributed by atoms with van der Waals surface area (Å²) in [5, 5.41) is 4.38. The molecule has 0 aliphatic carbocycles. The molecule has 0 unspecified atom stereocenters. The molecular weight excluding hydrogens is 480 g/mol. The first kappa shape index (κ1) is 23.9. The van der Waals surface area contributed by atoms with E-state index in [1.54, 1.807) is 23.1 Å². The lowest BCUT2D eigenvalue weighted by Crippen LogP contribution is -2.36. The maximum absolute atomic E-state index is 6.18. The third-order valence-electron chi connectivity index (χ3n) is 5.59. The van der Waals surface area contributed by atoms with Crippen molar-refractivity contribution in [2.45, 2.75) is 56.3 Å². The van der Waals surface area contributed by atoms with E-state index >= 15 is 0 Å². The Bertz CT molecular complexity index is 1360. The zero-order valence-corrected chi connectivity index (χ0v) is 22.1. The lowest BCUT2D eigenvalue weighted by Gasteiger charge is -2.21. The van der Waals surface area contributed by atoms with Gasteiger partial charge in [0, 0.05) is 32.3 Å². The van der Waals surface area contributed by atoms with Crippen molar-refractivity contribution in [3.8, 4) is 21.9 Å². The maximum Gasteiger partial charge on any atom is 0.175 e. The number of thiophene rings is 1. The van der Waals surface area contributed by atoms with Crippen LogP contribution >= 0.6 is 23.1 Å². The molecule has 0 saturated heterocycles. The Kier molecular flexibility index (Phi) is 6.61. The van der Waals surface area contributed by atoms with Gasteiger partial charge < -0.3 is 25.1 Å². The Morgan fingerprint density at radius 1 is 1.14 bits per heavy atom. The minimum atomic E-state index is 0.0696. The second-order valence-corrected chi connectivity index (χ2v) is 11.8. The number of fused-ring (bicyclic) bond motifs is 2. The predicted octanol–water partition coefficient (Wildman–Crippen LogP) is 5.15. The fourth-order valence-electron chi connectivity index (χ4n) is 3.94. The van der Waals surface area contributed by atoms with Crippen LogP contribution < -0.4 is 20.5 Å². The summed E-state index contributed by atoms with van der Waals surface area (Å²) in [6.07, 6.45) is 2.43. The molecule has 1 aliphatic rings. The van der Waals surface area contributed by atoms with E-state index in [2.05, 4.69) is 71.8 Å². The van der Waals surface area contributed by atoms with Gasteiger partial charge >= 0.3 is 0 Å². The van der Waals surface area contributed by atoms with Gasteiger partial charge in [-0.3, -0.25) is 0 Å². The molecule has 5 rings (SSSR count). The number of hydrogen-bond acceptors (Lipinski definition) is 9. The van der Waals surface area contributed by atoms with Crippen molar-refractivity contribution in [1.29, 1.82) is 0 Å². The van der Waals surface area contributed by atoms with Crippen molar-refractivity contribution in [3.63, 3.8) is 0 Å². The summed E-state index contributed by atoms with van der Waals surface area (Å²) in [5.74, 6) is 1.92. The highest BCUT2D eigenvalue weighted by atomic mass is 32.2. The maximum atomic E-state index is 6.18. The second kappa shape index (κ2) is 9.67. The molecule has 0 atom stereocenters. The first-order valence-electron chi connectivity index (χ1n) is 11.7. The molecule has 0 radical (unpaired) electrons. The molecular formula is C25H30N6O2S2. The summed E-state index contributed by atoms with van der Waals surface area (Å²) in [7, 11) is 0. The van der Waals surface area contributed by atoms with E-state index in [0.29, 0.717) is 24.5 Å². The third kappa shape index (κ3) is 5.24. The number of aryl methyl sites for hydroxylation is 2. The van der Waals surface area contributed by atoms with Crippen LogP contribution in [0.2, 0.25) is 0 Å².